The predicted molar refractivity (Wildman–Crippen MR) is 42.3 cm³/mol. The molecule has 10 heavy (non-hydrogen) atoms. The topological polar surface area (TPSA) is 36.9 Å². The minimum Gasteiger partial charge on any atom is -0.400 e. The lowest BCUT2D eigenvalue weighted by atomic mass is 11.8. The maximum atomic E-state index is 5.29. The number of rotatable bonds is 5. The average Bonchev–Trinajstić information content (AvgIpc) is 2.01. The summed E-state index contributed by atoms with van der Waals surface area (Å²) in [7, 11) is 1.40. The van der Waals surface area contributed by atoms with Crippen molar-refractivity contribution >= 4 is 18.8 Å². The van der Waals surface area contributed by atoms with Crippen molar-refractivity contribution in [2.24, 2.45) is 0 Å². The van der Waals surface area contributed by atoms with E-state index in [0.29, 0.717) is 0 Å². The van der Waals surface area contributed by atoms with Crippen LogP contribution in [0.1, 0.15) is 0 Å². The van der Waals surface area contributed by atoms with Gasteiger partial charge in [-0.25, -0.2) is 0 Å². The van der Waals surface area contributed by atoms with Gasteiger partial charge in [-0.05, 0) is 0 Å². The summed E-state index contributed by atoms with van der Waals surface area (Å²) in [5.74, 6) is 0. The second-order valence-corrected chi connectivity index (χ2v) is 5.50. The highest BCUT2D eigenvalue weighted by Gasteiger charge is 2.40. The second kappa shape index (κ2) is 4.99. The van der Waals surface area contributed by atoms with Crippen LogP contribution in [0.3, 0.4) is 0 Å². The molecule has 62 valence electrons. The van der Waals surface area contributed by atoms with Crippen molar-refractivity contribution in [2.45, 2.75) is 6.55 Å². The van der Waals surface area contributed by atoms with Gasteiger partial charge in [0.05, 0.1) is 0 Å². The second-order valence-electron chi connectivity index (χ2n) is 1.55. The molecule has 0 aromatic rings. The molecule has 0 radical (unpaired) electrons. The van der Waals surface area contributed by atoms with Crippen LogP contribution in [0.25, 0.3) is 0 Å². The Hall–Kier alpha value is 0.274. The lowest BCUT2D eigenvalue weighted by Gasteiger charge is -2.22. The van der Waals surface area contributed by atoms with E-state index in [1.807, 2.05) is 6.55 Å². The van der Waals surface area contributed by atoms with Crippen molar-refractivity contribution < 1.29 is 17.4 Å². The van der Waals surface area contributed by atoms with Crippen LogP contribution in [0.5, 0.6) is 0 Å². The quantitative estimate of drug-likeness (QED) is 0.538. The van der Waals surface area contributed by atoms with Crippen LogP contribution in [0.2, 0.25) is 6.55 Å². The fourth-order valence-electron chi connectivity index (χ4n) is 0.604. The number of hydrogen-bond donors (Lipinski definition) is 0. The summed E-state index contributed by atoms with van der Waals surface area (Å²) < 4.78 is 20.2. The molecule has 4 nitrogen and oxygen atoms in total. The molecule has 0 aliphatic rings. The highest BCUT2D eigenvalue weighted by molar-refractivity contribution is 6.59. The third kappa shape index (κ3) is 2.48. The van der Waals surface area contributed by atoms with Gasteiger partial charge in [-0.2, -0.15) is 0 Å². The Balaban J connectivity index is 3.87. The van der Waals surface area contributed by atoms with E-state index in [1.54, 1.807) is 0 Å². The molecule has 0 fully saturated rings. The van der Waals surface area contributed by atoms with Gasteiger partial charge in [0.1, 0.15) is 0 Å². The third-order valence-corrected chi connectivity index (χ3v) is 5.14. The predicted octanol–water partition coefficient (Wildman–Crippen LogP) is -0.490. The fraction of sp³-hybridized carbons (Fsp3) is 1.00. The molecule has 0 amide bonds. The molecule has 6 heteroatoms. The highest BCUT2D eigenvalue weighted by atomic mass is 28.4. The monoisotopic (exact) mass is 182 g/mol. The van der Waals surface area contributed by atoms with Crippen LogP contribution in [-0.4, -0.2) is 40.1 Å². The molecule has 0 unspecified atom stereocenters. The summed E-state index contributed by atoms with van der Waals surface area (Å²) in [5.41, 5.74) is 0. The normalized spacial score (nSPS) is 13.2. The van der Waals surface area contributed by atoms with Gasteiger partial charge in [0.15, 0.2) is 9.76 Å². The highest BCUT2D eigenvalue weighted by Crippen LogP contribution is 2.05. The molecular weight excluding hydrogens is 168 g/mol. The van der Waals surface area contributed by atoms with Crippen molar-refractivity contribution in [2.75, 3.05) is 21.3 Å². The molecule has 0 bridgehead atoms. The molecule has 0 saturated heterocycles. The maximum Gasteiger partial charge on any atom is 0.667 e. The van der Waals surface area contributed by atoms with E-state index < -0.39 is 18.8 Å². The first-order valence-corrected chi connectivity index (χ1v) is 6.66. The van der Waals surface area contributed by atoms with Gasteiger partial charge in [-0.1, -0.05) is 6.55 Å². The van der Waals surface area contributed by atoms with E-state index in [2.05, 4.69) is 0 Å². The Kier molecular flexibility index (Phi) is 5.13. The SMILES string of the molecule is CO[Si](OC)(OC)O[SiH2]C. The summed E-state index contributed by atoms with van der Waals surface area (Å²) in [6.45, 7) is 2.00. The van der Waals surface area contributed by atoms with Crippen molar-refractivity contribution in [3.63, 3.8) is 0 Å². The Morgan fingerprint density at radius 2 is 1.40 bits per heavy atom. The van der Waals surface area contributed by atoms with Gasteiger partial charge in [-0.3, -0.25) is 0 Å². The zero-order valence-electron chi connectivity index (χ0n) is 6.84. The largest absolute Gasteiger partial charge is 0.667 e. The van der Waals surface area contributed by atoms with Crippen molar-refractivity contribution in [1.82, 2.24) is 0 Å². The van der Waals surface area contributed by atoms with E-state index in [0.717, 1.165) is 0 Å². The summed E-state index contributed by atoms with van der Waals surface area (Å²) >= 11 is 0. The van der Waals surface area contributed by atoms with Gasteiger partial charge in [0.2, 0.25) is 0 Å². The van der Waals surface area contributed by atoms with Gasteiger partial charge in [0, 0.05) is 21.3 Å². The first kappa shape index (κ1) is 10.3. The maximum absolute atomic E-state index is 5.29. The average molecular weight is 182 g/mol. The van der Waals surface area contributed by atoms with E-state index in [4.69, 9.17) is 17.4 Å². The van der Waals surface area contributed by atoms with Crippen molar-refractivity contribution in [1.29, 1.82) is 0 Å². The first-order valence-electron chi connectivity index (χ1n) is 3.04. The van der Waals surface area contributed by atoms with Crippen LogP contribution in [-0.2, 0) is 17.4 Å². The molecule has 0 aromatic heterocycles. The molecule has 0 heterocycles. The van der Waals surface area contributed by atoms with Crippen LogP contribution < -0.4 is 0 Å². The minimum atomic E-state index is -2.66. The third-order valence-electron chi connectivity index (χ3n) is 1.07. The smallest absolute Gasteiger partial charge is 0.400 e. The van der Waals surface area contributed by atoms with Crippen LogP contribution in [0, 0.1) is 0 Å². The van der Waals surface area contributed by atoms with Crippen molar-refractivity contribution in [3.8, 4) is 0 Å². The summed E-state index contributed by atoms with van der Waals surface area (Å²) in [6, 6.07) is 0. The summed E-state index contributed by atoms with van der Waals surface area (Å²) in [4.78, 5) is 0. The van der Waals surface area contributed by atoms with E-state index >= 15 is 0 Å². The van der Waals surface area contributed by atoms with E-state index in [-0.39, 0.29) is 0 Å². The molecular formula is C4H14O4Si2. The molecule has 0 aliphatic carbocycles. The Morgan fingerprint density at radius 1 is 1.00 bits per heavy atom. The van der Waals surface area contributed by atoms with Gasteiger partial charge >= 0.3 is 9.05 Å². The lowest BCUT2D eigenvalue weighted by molar-refractivity contribution is 0.0527. The van der Waals surface area contributed by atoms with Gasteiger partial charge in [-0.15, -0.1) is 0 Å². The molecule has 0 atom stereocenters. The zero-order valence-corrected chi connectivity index (χ0v) is 9.25. The standard InChI is InChI=1S/C4H14O4Si2/c1-5-10(6-2,7-3)8-9-4/h9H2,1-4H3. The molecule has 0 aromatic carbocycles. The van der Waals surface area contributed by atoms with Crippen LogP contribution in [0.4, 0.5) is 0 Å². The Bertz CT molecular complexity index is 77.1. The van der Waals surface area contributed by atoms with E-state index in [9.17, 15) is 0 Å². The molecule has 0 N–H and O–H groups in total. The van der Waals surface area contributed by atoms with E-state index in [1.165, 1.54) is 21.3 Å². The Morgan fingerprint density at radius 3 is 1.50 bits per heavy atom. The van der Waals surface area contributed by atoms with Crippen molar-refractivity contribution in [3.05, 3.63) is 0 Å². The number of hydrogen-bond acceptors (Lipinski definition) is 4. The molecule has 0 aliphatic heterocycles. The van der Waals surface area contributed by atoms with Gasteiger partial charge < -0.3 is 17.4 Å². The summed E-state index contributed by atoms with van der Waals surface area (Å²) in [6.07, 6.45) is 0. The fourth-order valence-corrected chi connectivity index (χ4v) is 3.93. The summed E-state index contributed by atoms with van der Waals surface area (Å²) in [5, 5.41) is 0. The van der Waals surface area contributed by atoms with Gasteiger partial charge in [0.25, 0.3) is 0 Å². The first-order chi connectivity index (χ1) is 4.74. The van der Waals surface area contributed by atoms with Crippen LogP contribution in [0.15, 0.2) is 0 Å². The Labute approximate surface area is 64.9 Å². The van der Waals surface area contributed by atoms with Crippen LogP contribution >= 0.6 is 0 Å². The lowest BCUT2D eigenvalue weighted by Crippen LogP contribution is -2.46. The molecule has 0 saturated carbocycles. The molecule has 0 rings (SSSR count). The minimum absolute atomic E-state index is 0.536. The molecule has 0 spiro atoms. The zero-order chi connectivity index (χ0) is 8.04.